The van der Waals surface area contributed by atoms with E-state index in [0.29, 0.717) is 6.54 Å². The number of aromatic nitrogens is 1. The van der Waals surface area contributed by atoms with Crippen LogP contribution >= 0.6 is 0 Å². The largest absolute Gasteiger partial charge is 0.305 e. The van der Waals surface area contributed by atoms with Crippen LogP contribution in [0, 0.1) is 0 Å². The van der Waals surface area contributed by atoms with E-state index in [0.717, 1.165) is 11.3 Å². The van der Waals surface area contributed by atoms with Crippen molar-refractivity contribution in [2.24, 2.45) is 0 Å². The Morgan fingerprint density at radius 2 is 2.29 bits per heavy atom. The molecule has 94 valence electrons. The Balaban J connectivity index is 2.62. The van der Waals surface area contributed by atoms with Gasteiger partial charge in [-0.25, -0.2) is 5.06 Å². The smallest absolute Gasteiger partial charge is 0.250 e. The molecule has 1 rings (SSSR count). The monoisotopic (exact) mass is 239 g/mol. The van der Waals surface area contributed by atoms with Crippen molar-refractivity contribution < 1.29 is 14.5 Å². The van der Waals surface area contributed by atoms with Crippen LogP contribution in [0.15, 0.2) is 18.3 Å². The van der Waals surface area contributed by atoms with Gasteiger partial charge in [-0.1, -0.05) is 0 Å². The molecule has 1 aromatic heterocycles. The molecule has 0 aliphatic rings. The van der Waals surface area contributed by atoms with E-state index in [1.54, 1.807) is 26.4 Å². The number of nitrogens with one attached hydrogen (secondary N) is 1. The summed E-state index contributed by atoms with van der Waals surface area (Å²) in [6, 6.07) is 3.66. The number of hydroxylamine groups is 3. The normalized spacial score (nSPS) is 10.3. The van der Waals surface area contributed by atoms with Gasteiger partial charge in [0.25, 0.3) is 0 Å². The molecule has 1 heterocycles. The Bertz CT molecular complexity index is 371. The maximum Gasteiger partial charge on any atom is 0.250 e. The van der Waals surface area contributed by atoms with Gasteiger partial charge in [-0.05, 0) is 17.7 Å². The molecule has 0 aliphatic heterocycles. The lowest BCUT2D eigenvalue weighted by Crippen LogP contribution is -2.27. The van der Waals surface area contributed by atoms with E-state index in [1.165, 1.54) is 12.2 Å². The van der Waals surface area contributed by atoms with Gasteiger partial charge in [-0.3, -0.25) is 14.6 Å². The van der Waals surface area contributed by atoms with E-state index < -0.39 is 0 Å². The molecule has 1 amide bonds. The third-order valence-corrected chi connectivity index (χ3v) is 2.26. The van der Waals surface area contributed by atoms with Crippen LogP contribution in [0.1, 0.15) is 11.3 Å². The van der Waals surface area contributed by atoms with Crippen LogP contribution in [0.4, 0.5) is 0 Å². The highest BCUT2D eigenvalue weighted by Crippen LogP contribution is 2.04. The summed E-state index contributed by atoms with van der Waals surface area (Å²) in [6.07, 6.45) is 1.95. The molecule has 0 spiro atoms. The van der Waals surface area contributed by atoms with Crippen molar-refractivity contribution in [3.05, 3.63) is 29.6 Å². The van der Waals surface area contributed by atoms with Crippen LogP contribution in [0.25, 0.3) is 0 Å². The number of carbonyl (C=O) groups excluding carboxylic acids is 1. The van der Waals surface area contributed by atoms with Crippen LogP contribution in [0.5, 0.6) is 0 Å². The summed E-state index contributed by atoms with van der Waals surface area (Å²) in [6.45, 7) is 0.499. The molecule has 0 unspecified atom stereocenters. The van der Waals surface area contributed by atoms with Gasteiger partial charge in [0.2, 0.25) is 5.91 Å². The molecule has 6 nitrogen and oxygen atoms in total. The summed E-state index contributed by atoms with van der Waals surface area (Å²) in [7, 11) is 4.58. The van der Waals surface area contributed by atoms with Crippen LogP contribution in [0.2, 0.25) is 0 Å². The van der Waals surface area contributed by atoms with E-state index in [2.05, 4.69) is 10.5 Å². The molecular weight excluding hydrogens is 222 g/mol. The Hall–Kier alpha value is -1.50. The lowest BCUT2D eigenvalue weighted by molar-refractivity contribution is -0.167. The predicted molar refractivity (Wildman–Crippen MR) is 61.6 cm³/mol. The molecule has 0 aliphatic carbocycles. The average molecular weight is 239 g/mol. The summed E-state index contributed by atoms with van der Waals surface area (Å²) in [5, 5.41) is 1.20. The molecule has 0 fully saturated rings. The Labute approximate surface area is 100 Å². The van der Waals surface area contributed by atoms with E-state index >= 15 is 0 Å². The second-order valence-corrected chi connectivity index (χ2v) is 3.43. The molecule has 1 aromatic rings. The Morgan fingerprint density at radius 1 is 1.53 bits per heavy atom. The van der Waals surface area contributed by atoms with Crippen molar-refractivity contribution in [3.63, 3.8) is 0 Å². The number of pyridine rings is 1. The molecule has 1 N–H and O–H groups in total. The number of amides is 1. The highest BCUT2D eigenvalue weighted by atomic mass is 16.7. The molecular formula is C11H17N3O3. The minimum absolute atomic E-state index is 0.107. The van der Waals surface area contributed by atoms with Crippen molar-refractivity contribution in [2.75, 3.05) is 21.3 Å². The predicted octanol–water partition coefficient (Wildman–Crippen LogP) is 0.295. The van der Waals surface area contributed by atoms with Crippen molar-refractivity contribution >= 4 is 5.91 Å². The summed E-state index contributed by atoms with van der Waals surface area (Å²) >= 11 is 0. The minimum Gasteiger partial charge on any atom is -0.305 e. The number of likely N-dealkylation sites (N-methyl/N-ethyl adjacent to an activating group) is 1. The van der Waals surface area contributed by atoms with Gasteiger partial charge in [0.15, 0.2) is 0 Å². The first-order chi connectivity index (χ1) is 8.17. The molecule has 0 saturated carbocycles. The fourth-order valence-corrected chi connectivity index (χ4v) is 1.27. The second kappa shape index (κ2) is 6.95. The van der Waals surface area contributed by atoms with E-state index in [4.69, 9.17) is 9.68 Å². The fraction of sp³-hybridized carbons (Fsp3) is 0.455. The van der Waals surface area contributed by atoms with Gasteiger partial charge in [0.05, 0.1) is 32.9 Å². The third-order valence-electron chi connectivity index (χ3n) is 2.26. The summed E-state index contributed by atoms with van der Waals surface area (Å²) in [5.41, 5.74) is 4.40. The van der Waals surface area contributed by atoms with Crippen LogP contribution < -0.4 is 5.48 Å². The zero-order valence-corrected chi connectivity index (χ0v) is 10.3. The summed E-state index contributed by atoms with van der Waals surface area (Å²) in [5.74, 6) is -0.107. The van der Waals surface area contributed by atoms with Crippen molar-refractivity contribution in [1.29, 1.82) is 0 Å². The molecule has 0 bridgehead atoms. The topological polar surface area (TPSA) is 63.7 Å². The van der Waals surface area contributed by atoms with Crippen molar-refractivity contribution in [3.8, 4) is 0 Å². The molecule has 6 heteroatoms. The van der Waals surface area contributed by atoms with Gasteiger partial charge in [-0.15, -0.1) is 0 Å². The lowest BCUT2D eigenvalue weighted by Gasteiger charge is -2.13. The number of carbonyl (C=O) groups is 1. The molecule has 0 atom stereocenters. The maximum atomic E-state index is 11.6. The molecule has 0 aromatic carbocycles. The quantitative estimate of drug-likeness (QED) is 0.723. The average Bonchev–Trinajstić information content (AvgIpc) is 2.35. The SMILES string of the molecule is CONCc1cc(CC(=O)N(C)OC)ccn1. The van der Waals surface area contributed by atoms with Crippen LogP contribution in [-0.2, 0) is 27.4 Å². The van der Waals surface area contributed by atoms with E-state index in [9.17, 15) is 4.79 Å². The number of hydrogen-bond acceptors (Lipinski definition) is 5. The van der Waals surface area contributed by atoms with Crippen molar-refractivity contribution in [2.45, 2.75) is 13.0 Å². The first kappa shape index (κ1) is 13.6. The molecule has 17 heavy (non-hydrogen) atoms. The zero-order valence-electron chi connectivity index (χ0n) is 10.3. The van der Waals surface area contributed by atoms with Crippen LogP contribution in [0.3, 0.4) is 0 Å². The van der Waals surface area contributed by atoms with Crippen LogP contribution in [-0.4, -0.2) is 37.2 Å². The summed E-state index contributed by atoms with van der Waals surface area (Å²) < 4.78 is 0. The number of hydrogen-bond donors (Lipinski definition) is 1. The van der Waals surface area contributed by atoms with Gasteiger partial charge >= 0.3 is 0 Å². The number of rotatable bonds is 6. The van der Waals surface area contributed by atoms with Gasteiger partial charge < -0.3 is 4.84 Å². The standard InChI is InChI=1S/C11H17N3O3/c1-14(17-3)11(15)7-9-4-5-12-10(6-9)8-13-16-2/h4-6,13H,7-8H2,1-3H3. The van der Waals surface area contributed by atoms with Gasteiger partial charge in [0.1, 0.15) is 0 Å². The Morgan fingerprint density at radius 3 is 2.94 bits per heavy atom. The second-order valence-electron chi connectivity index (χ2n) is 3.43. The maximum absolute atomic E-state index is 11.6. The molecule has 0 radical (unpaired) electrons. The zero-order chi connectivity index (χ0) is 12.7. The lowest BCUT2D eigenvalue weighted by atomic mass is 10.1. The fourth-order valence-electron chi connectivity index (χ4n) is 1.27. The van der Waals surface area contributed by atoms with E-state index in [1.807, 2.05) is 6.07 Å². The van der Waals surface area contributed by atoms with Gasteiger partial charge in [0, 0.05) is 13.2 Å². The minimum atomic E-state index is -0.107. The Kier molecular flexibility index (Phi) is 5.55. The highest BCUT2D eigenvalue weighted by molar-refractivity contribution is 5.77. The number of nitrogens with zero attached hydrogens (tertiary/aromatic N) is 2. The van der Waals surface area contributed by atoms with Gasteiger partial charge in [-0.2, -0.15) is 5.48 Å². The summed E-state index contributed by atoms with van der Waals surface area (Å²) in [4.78, 5) is 25.3. The molecule has 0 saturated heterocycles. The van der Waals surface area contributed by atoms with Crippen molar-refractivity contribution in [1.82, 2.24) is 15.5 Å². The van der Waals surface area contributed by atoms with E-state index in [-0.39, 0.29) is 12.3 Å². The first-order valence-electron chi connectivity index (χ1n) is 5.17. The highest BCUT2D eigenvalue weighted by Gasteiger charge is 2.09. The first-order valence-corrected chi connectivity index (χ1v) is 5.17. The third kappa shape index (κ3) is 4.48.